The molecule has 1 N–H and O–H groups in total. The molecule has 6 nitrogen and oxygen atoms in total. The average molecular weight is 252 g/mol. The third kappa shape index (κ3) is 7.98. The van der Waals surface area contributed by atoms with Gasteiger partial charge in [-0.05, 0) is 19.1 Å². The molecule has 0 aromatic heterocycles. The van der Waals surface area contributed by atoms with Crippen molar-refractivity contribution in [1.29, 1.82) is 0 Å². The molecule has 0 aliphatic heterocycles. The van der Waals surface area contributed by atoms with Crippen molar-refractivity contribution in [2.75, 3.05) is 20.1 Å². The van der Waals surface area contributed by atoms with E-state index in [1.165, 1.54) is 11.8 Å². The number of rotatable bonds is 7. The van der Waals surface area contributed by atoms with Crippen LogP contribution in [0.25, 0.3) is 0 Å². The molecule has 0 atom stereocenters. The van der Waals surface area contributed by atoms with E-state index in [9.17, 15) is 19.2 Å². The van der Waals surface area contributed by atoms with Crippen LogP contribution in [0.2, 0.25) is 0 Å². The number of ketones is 1. The molecule has 18 heavy (non-hydrogen) atoms. The fraction of sp³-hybridized carbons (Fsp3) is 0.333. The quantitative estimate of drug-likeness (QED) is 0.487. The zero-order valence-electron chi connectivity index (χ0n) is 10.4. The SMILES string of the molecule is CC(=O)/C=C\C(=O)NCCN(C)C(=O)/C=C\C=O. The lowest BCUT2D eigenvalue weighted by Crippen LogP contribution is -2.34. The van der Waals surface area contributed by atoms with Crippen LogP contribution in [0.4, 0.5) is 0 Å². The number of likely N-dealkylation sites (N-methyl/N-ethyl adjacent to an activating group) is 1. The fourth-order valence-corrected chi connectivity index (χ4v) is 0.958. The molecule has 0 saturated heterocycles. The van der Waals surface area contributed by atoms with Gasteiger partial charge in [0.2, 0.25) is 11.8 Å². The van der Waals surface area contributed by atoms with Crippen LogP contribution >= 0.6 is 0 Å². The summed E-state index contributed by atoms with van der Waals surface area (Å²) < 4.78 is 0. The van der Waals surface area contributed by atoms with Gasteiger partial charge in [-0.1, -0.05) is 0 Å². The molecule has 0 saturated carbocycles. The summed E-state index contributed by atoms with van der Waals surface area (Å²) in [6.07, 6.45) is 5.06. The normalized spacial score (nSPS) is 10.6. The van der Waals surface area contributed by atoms with Crippen LogP contribution in [0.1, 0.15) is 6.92 Å². The molecule has 0 heterocycles. The molecular weight excluding hydrogens is 236 g/mol. The highest BCUT2D eigenvalue weighted by atomic mass is 16.2. The first-order valence-corrected chi connectivity index (χ1v) is 5.30. The summed E-state index contributed by atoms with van der Waals surface area (Å²) in [5.74, 6) is -0.929. The lowest BCUT2D eigenvalue weighted by Gasteiger charge is -2.14. The Morgan fingerprint density at radius 3 is 2.39 bits per heavy atom. The van der Waals surface area contributed by atoms with E-state index in [2.05, 4.69) is 5.32 Å². The van der Waals surface area contributed by atoms with Gasteiger partial charge in [0.1, 0.15) is 6.29 Å². The summed E-state index contributed by atoms with van der Waals surface area (Å²) in [4.78, 5) is 44.4. The van der Waals surface area contributed by atoms with Crippen molar-refractivity contribution in [2.45, 2.75) is 6.92 Å². The molecular formula is C12H16N2O4. The minimum atomic E-state index is -0.394. The molecule has 0 spiro atoms. The van der Waals surface area contributed by atoms with Crippen molar-refractivity contribution in [2.24, 2.45) is 0 Å². The van der Waals surface area contributed by atoms with Gasteiger partial charge in [-0.15, -0.1) is 0 Å². The second-order valence-electron chi connectivity index (χ2n) is 3.49. The Morgan fingerprint density at radius 2 is 1.83 bits per heavy atom. The summed E-state index contributed by atoms with van der Waals surface area (Å²) >= 11 is 0. The Morgan fingerprint density at radius 1 is 1.17 bits per heavy atom. The Kier molecular flexibility index (Phi) is 7.76. The average Bonchev–Trinajstić information content (AvgIpc) is 2.33. The van der Waals surface area contributed by atoms with Gasteiger partial charge in [0, 0.05) is 32.3 Å². The van der Waals surface area contributed by atoms with Crippen LogP contribution < -0.4 is 5.32 Å². The van der Waals surface area contributed by atoms with Gasteiger partial charge in [-0.25, -0.2) is 0 Å². The maximum Gasteiger partial charge on any atom is 0.246 e. The lowest BCUT2D eigenvalue weighted by molar-refractivity contribution is -0.125. The van der Waals surface area contributed by atoms with Crippen molar-refractivity contribution in [3.05, 3.63) is 24.3 Å². The van der Waals surface area contributed by atoms with E-state index in [-0.39, 0.29) is 18.2 Å². The van der Waals surface area contributed by atoms with E-state index in [0.717, 1.165) is 24.3 Å². The van der Waals surface area contributed by atoms with Crippen molar-refractivity contribution in [1.82, 2.24) is 10.2 Å². The summed E-state index contributed by atoms with van der Waals surface area (Å²) in [6.45, 7) is 1.91. The standard InChI is InChI=1S/C12H16N2O4/c1-10(16)5-6-11(17)13-7-8-14(2)12(18)4-3-9-15/h3-6,9H,7-8H2,1-2H3,(H,13,17)/b4-3-,6-5-. The van der Waals surface area contributed by atoms with E-state index in [0.29, 0.717) is 12.8 Å². The molecule has 0 rings (SSSR count). The van der Waals surface area contributed by atoms with Gasteiger partial charge in [-0.3, -0.25) is 19.2 Å². The molecule has 0 bridgehead atoms. The van der Waals surface area contributed by atoms with Gasteiger partial charge in [0.05, 0.1) is 0 Å². The molecule has 6 heteroatoms. The minimum absolute atomic E-state index is 0.212. The second kappa shape index (κ2) is 8.86. The number of carbonyl (C=O) groups is 4. The number of allylic oxidation sites excluding steroid dienone is 2. The topological polar surface area (TPSA) is 83.6 Å². The van der Waals surface area contributed by atoms with E-state index in [1.54, 1.807) is 7.05 Å². The number of amides is 2. The van der Waals surface area contributed by atoms with Crippen molar-refractivity contribution in [3.8, 4) is 0 Å². The Bertz CT molecular complexity index is 386. The first-order valence-electron chi connectivity index (χ1n) is 5.30. The van der Waals surface area contributed by atoms with Crippen LogP contribution in [0, 0.1) is 0 Å². The molecule has 0 aromatic carbocycles. The summed E-state index contributed by atoms with van der Waals surface area (Å²) in [7, 11) is 1.55. The predicted octanol–water partition coefficient (Wildman–Crippen LogP) is -0.539. The van der Waals surface area contributed by atoms with E-state index in [1.807, 2.05) is 0 Å². The Labute approximate surface area is 105 Å². The van der Waals surface area contributed by atoms with E-state index >= 15 is 0 Å². The summed E-state index contributed by atoms with van der Waals surface area (Å²) in [5.41, 5.74) is 0. The van der Waals surface area contributed by atoms with Gasteiger partial charge in [0.25, 0.3) is 0 Å². The smallest absolute Gasteiger partial charge is 0.246 e. The summed E-state index contributed by atoms with van der Waals surface area (Å²) in [6, 6.07) is 0. The van der Waals surface area contributed by atoms with Gasteiger partial charge in [0.15, 0.2) is 5.78 Å². The minimum Gasteiger partial charge on any atom is -0.351 e. The largest absolute Gasteiger partial charge is 0.351 e. The van der Waals surface area contributed by atoms with Crippen LogP contribution in [0.3, 0.4) is 0 Å². The predicted molar refractivity (Wildman–Crippen MR) is 65.7 cm³/mol. The van der Waals surface area contributed by atoms with Gasteiger partial charge in [-0.2, -0.15) is 0 Å². The number of hydrogen-bond acceptors (Lipinski definition) is 4. The van der Waals surface area contributed by atoms with Crippen LogP contribution in [-0.2, 0) is 19.2 Å². The molecule has 0 unspecified atom stereocenters. The fourth-order valence-electron chi connectivity index (χ4n) is 0.958. The number of carbonyl (C=O) groups excluding carboxylic acids is 4. The van der Waals surface area contributed by atoms with Crippen molar-refractivity contribution >= 4 is 23.9 Å². The molecule has 0 aliphatic carbocycles. The first kappa shape index (κ1) is 15.8. The Hall–Kier alpha value is -2.24. The van der Waals surface area contributed by atoms with Crippen molar-refractivity contribution < 1.29 is 19.2 Å². The highest BCUT2D eigenvalue weighted by molar-refractivity contribution is 5.96. The molecule has 98 valence electrons. The maximum absolute atomic E-state index is 11.3. The number of nitrogens with zero attached hydrogens (tertiary/aromatic N) is 1. The second-order valence-corrected chi connectivity index (χ2v) is 3.49. The number of hydrogen-bond donors (Lipinski definition) is 1. The highest BCUT2D eigenvalue weighted by Gasteiger charge is 2.04. The monoisotopic (exact) mass is 252 g/mol. The van der Waals surface area contributed by atoms with E-state index < -0.39 is 5.91 Å². The van der Waals surface area contributed by atoms with Gasteiger partial charge >= 0.3 is 0 Å². The Balaban J connectivity index is 3.93. The van der Waals surface area contributed by atoms with Crippen LogP contribution in [0.5, 0.6) is 0 Å². The first-order chi connectivity index (χ1) is 8.47. The molecule has 0 fully saturated rings. The van der Waals surface area contributed by atoms with Gasteiger partial charge < -0.3 is 10.2 Å². The van der Waals surface area contributed by atoms with Crippen LogP contribution in [-0.4, -0.2) is 48.9 Å². The zero-order chi connectivity index (χ0) is 14.0. The summed E-state index contributed by atoms with van der Waals surface area (Å²) in [5, 5.41) is 2.51. The highest BCUT2D eigenvalue weighted by Crippen LogP contribution is 1.85. The van der Waals surface area contributed by atoms with Crippen LogP contribution in [0.15, 0.2) is 24.3 Å². The molecule has 2 amide bonds. The number of nitrogens with one attached hydrogen (secondary N) is 1. The molecule has 0 aromatic rings. The lowest BCUT2D eigenvalue weighted by atomic mass is 10.3. The molecule has 0 aliphatic rings. The third-order valence-corrected chi connectivity index (χ3v) is 1.91. The zero-order valence-corrected chi connectivity index (χ0v) is 10.4. The maximum atomic E-state index is 11.3. The molecule has 0 radical (unpaired) electrons. The van der Waals surface area contributed by atoms with Crippen molar-refractivity contribution in [3.63, 3.8) is 0 Å². The number of aldehydes is 1. The third-order valence-electron chi connectivity index (χ3n) is 1.91. The van der Waals surface area contributed by atoms with E-state index in [4.69, 9.17) is 0 Å².